The average Bonchev–Trinajstić information content (AvgIpc) is 2.34. The standard InChI is InChI=1S/C14H19Cl2N/c1-17-14(10-5-3-2-4-6-10)12-8-7-11(15)9-13(12)16/h7-10,14,17H,2-6H2,1H3. The van der Waals surface area contributed by atoms with E-state index in [1.807, 2.05) is 19.2 Å². The number of nitrogens with one attached hydrogen (secondary N) is 1. The molecule has 1 unspecified atom stereocenters. The van der Waals surface area contributed by atoms with Gasteiger partial charge in [-0.05, 0) is 43.5 Å². The molecule has 1 N–H and O–H groups in total. The van der Waals surface area contributed by atoms with Crippen molar-refractivity contribution in [1.29, 1.82) is 0 Å². The topological polar surface area (TPSA) is 12.0 Å². The van der Waals surface area contributed by atoms with Gasteiger partial charge in [-0.25, -0.2) is 0 Å². The second kappa shape index (κ2) is 6.08. The van der Waals surface area contributed by atoms with Gasteiger partial charge in [0.25, 0.3) is 0 Å². The molecule has 0 spiro atoms. The van der Waals surface area contributed by atoms with E-state index in [9.17, 15) is 0 Å². The van der Waals surface area contributed by atoms with Gasteiger partial charge in [0.1, 0.15) is 0 Å². The average molecular weight is 272 g/mol. The lowest BCUT2D eigenvalue weighted by molar-refractivity contribution is 0.282. The normalized spacial score (nSPS) is 19.2. The molecule has 0 bridgehead atoms. The molecule has 0 heterocycles. The van der Waals surface area contributed by atoms with Gasteiger partial charge in [-0.2, -0.15) is 0 Å². The molecule has 1 nitrogen and oxygen atoms in total. The molecule has 1 atom stereocenters. The molecule has 0 aromatic heterocycles. The summed E-state index contributed by atoms with van der Waals surface area (Å²) >= 11 is 12.2. The van der Waals surface area contributed by atoms with E-state index < -0.39 is 0 Å². The lowest BCUT2D eigenvalue weighted by Gasteiger charge is -2.31. The second-order valence-corrected chi connectivity index (χ2v) is 5.67. The first-order valence-corrected chi connectivity index (χ1v) is 7.10. The molecule has 1 aliphatic rings. The van der Waals surface area contributed by atoms with Gasteiger partial charge in [-0.15, -0.1) is 0 Å². The van der Waals surface area contributed by atoms with Crippen molar-refractivity contribution in [3.63, 3.8) is 0 Å². The first-order chi connectivity index (χ1) is 8.22. The van der Waals surface area contributed by atoms with Gasteiger partial charge >= 0.3 is 0 Å². The number of halogens is 2. The van der Waals surface area contributed by atoms with E-state index in [0.29, 0.717) is 17.0 Å². The highest BCUT2D eigenvalue weighted by Gasteiger charge is 2.25. The van der Waals surface area contributed by atoms with Crippen molar-refractivity contribution in [3.8, 4) is 0 Å². The van der Waals surface area contributed by atoms with Crippen LogP contribution >= 0.6 is 23.2 Å². The first-order valence-electron chi connectivity index (χ1n) is 6.34. The van der Waals surface area contributed by atoms with Gasteiger partial charge < -0.3 is 5.32 Å². The Kier molecular flexibility index (Phi) is 4.72. The van der Waals surface area contributed by atoms with E-state index in [1.54, 1.807) is 0 Å². The van der Waals surface area contributed by atoms with Gasteiger partial charge in [0, 0.05) is 16.1 Å². The fourth-order valence-corrected chi connectivity index (χ4v) is 3.39. The van der Waals surface area contributed by atoms with Gasteiger partial charge in [0.15, 0.2) is 0 Å². The van der Waals surface area contributed by atoms with Crippen LogP contribution in [0.15, 0.2) is 18.2 Å². The minimum atomic E-state index is 0.361. The van der Waals surface area contributed by atoms with E-state index in [-0.39, 0.29) is 0 Å². The first kappa shape index (κ1) is 13.2. The number of hydrogen-bond donors (Lipinski definition) is 1. The molecule has 2 rings (SSSR count). The molecule has 1 aliphatic carbocycles. The lowest BCUT2D eigenvalue weighted by Crippen LogP contribution is -2.27. The van der Waals surface area contributed by atoms with Crippen molar-refractivity contribution in [2.24, 2.45) is 5.92 Å². The summed E-state index contributed by atoms with van der Waals surface area (Å²) in [5.41, 5.74) is 1.19. The highest BCUT2D eigenvalue weighted by Crippen LogP contribution is 2.37. The maximum atomic E-state index is 6.30. The van der Waals surface area contributed by atoms with Crippen LogP contribution in [0.25, 0.3) is 0 Å². The highest BCUT2D eigenvalue weighted by atomic mass is 35.5. The Morgan fingerprint density at radius 3 is 2.47 bits per heavy atom. The number of hydrogen-bond acceptors (Lipinski definition) is 1. The highest BCUT2D eigenvalue weighted by molar-refractivity contribution is 6.35. The van der Waals surface area contributed by atoms with Crippen molar-refractivity contribution < 1.29 is 0 Å². The van der Waals surface area contributed by atoms with Crippen LogP contribution in [0.2, 0.25) is 10.0 Å². The van der Waals surface area contributed by atoms with E-state index in [0.717, 1.165) is 5.02 Å². The maximum absolute atomic E-state index is 6.30. The van der Waals surface area contributed by atoms with Gasteiger partial charge in [0.05, 0.1) is 0 Å². The number of benzene rings is 1. The zero-order valence-corrected chi connectivity index (χ0v) is 11.7. The second-order valence-electron chi connectivity index (χ2n) is 4.83. The van der Waals surface area contributed by atoms with Crippen LogP contribution in [-0.2, 0) is 0 Å². The van der Waals surface area contributed by atoms with Crippen molar-refractivity contribution >= 4 is 23.2 Å². The Morgan fingerprint density at radius 1 is 1.18 bits per heavy atom. The van der Waals surface area contributed by atoms with Crippen molar-refractivity contribution in [2.75, 3.05) is 7.05 Å². The van der Waals surface area contributed by atoms with Crippen molar-refractivity contribution in [2.45, 2.75) is 38.1 Å². The Bertz CT molecular complexity index is 372. The third kappa shape index (κ3) is 3.15. The molecular weight excluding hydrogens is 253 g/mol. The summed E-state index contributed by atoms with van der Waals surface area (Å²) in [6.07, 6.45) is 6.65. The van der Waals surface area contributed by atoms with E-state index in [4.69, 9.17) is 23.2 Å². The van der Waals surface area contributed by atoms with Crippen molar-refractivity contribution in [3.05, 3.63) is 33.8 Å². The van der Waals surface area contributed by atoms with Gasteiger partial charge in [-0.3, -0.25) is 0 Å². The fraction of sp³-hybridized carbons (Fsp3) is 0.571. The van der Waals surface area contributed by atoms with Crippen LogP contribution in [0.4, 0.5) is 0 Å². The zero-order valence-electron chi connectivity index (χ0n) is 10.2. The van der Waals surface area contributed by atoms with Crippen LogP contribution < -0.4 is 5.32 Å². The smallest absolute Gasteiger partial charge is 0.0468 e. The molecule has 0 aliphatic heterocycles. The molecule has 1 fully saturated rings. The summed E-state index contributed by atoms with van der Waals surface area (Å²) in [5, 5.41) is 4.91. The van der Waals surface area contributed by atoms with Gasteiger partial charge in [-0.1, -0.05) is 48.5 Å². The SMILES string of the molecule is CNC(c1ccc(Cl)cc1Cl)C1CCCCC1. The summed E-state index contributed by atoms with van der Waals surface area (Å²) in [5.74, 6) is 0.701. The van der Waals surface area contributed by atoms with Crippen LogP contribution in [0.5, 0.6) is 0 Å². The van der Waals surface area contributed by atoms with E-state index in [2.05, 4.69) is 11.4 Å². The molecule has 3 heteroatoms. The molecule has 17 heavy (non-hydrogen) atoms. The molecule has 1 aromatic rings. The fourth-order valence-electron chi connectivity index (χ4n) is 2.87. The molecule has 0 saturated heterocycles. The summed E-state index contributed by atoms with van der Waals surface area (Å²) in [4.78, 5) is 0. The Labute approximate surface area is 114 Å². The summed E-state index contributed by atoms with van der Waals surface area (Å²) in [7, 11) is 2.02. The quantitative estimate of drug-likeness (QED) is 0.830. The van der Waals surface area contributed by atoms with Gasteiger partial charge in [0.2, 0.25) is 0 Å². The van der Waals surface area contributed by atoms with Crippen LogP contribution in [0.3, 0.4) is 0 Å². The van der Waals surface area contributed by atoms with E-state index >= 15 is 0 Å². The lowest BCUT2D eigenvalue weighted by atomic mass is 9.81. The van der Waals surface area contributed by atoms with Crippen LogP contribution in [0, 0.1) is 5.92 Å². The monoisotopic (exact) mass is 271 g/mol. The molecule has 0 radical (unpaired) electrons. The Balaban J connectivity index is 2.21. The number of rotatable bonds is 3. The molecule has 0 amide bonds. The molecule has 1 aromatic carbocycles. The predicted molar refractivity (Wildman–Crippen MR) is 74.8 cm³/mol. The predicted octanol–water partition coefficient (Wildman–Crippen LogP) is 4.83. The minimum absolute atomic E-state index is 0.361. The largest absolute Gasteiger partial charge is 0.313 e. The van der Waals surface area contributed by atoms with E-state index in [1.165, 1.54) is 37.7 Å². The maximum Gasteiger partial charge on any atom is 0.0468 e. The molecular formula is C14H19Cl2N. The summed E-state index contributed by atoms with van der Waals surface area (Å²) in [6, 6.07) is 6.18. The Morgan fingerprint density at radius 2 is 1.88 bits per heavy atom. The zero-order chi connectivity index (χ0) is 12.3. The third-order valence-electron chi connectivity index (χ3n) is 3.73. The Hall–Kier alpha value is -0.240. The third-order valence-corrected chi connectivity index (χ3v) is 4.29. The van der Waals surface area contributed by atoms with Crippen LogP contribution in [0.1, 0.15) is 43.7 Å². The summed E-state index contributed by atoms with van der Waals surface area (Å²) < 4.78 is 0. The summed E-state index contributed by atoms with van der Waals surface area (Å²) in [6.45, 7) is 0. The molecule has 1 saturated carbocycles. The van der Waals surface area contributed by atoms with Crippen LogP contribution in [-0.4, -0.2) is 7.05 Å². The van der Waals surface area contributed by atoms with Crippen molar-refractivity contribution in [1.82, 2.24) is 5.32 Å². The minimum Gasteiger partial charge on any atom is -0.313 e. The molecule has 94 valence electrons.